The molecule has 2 heterocycles. The molecule has 0 saturated heterocycles. The number of aromatic hydroxyl groups is 1. The number of benzene rings is 1. The number of rotatable bonds is 2. The topological polar surface area (TPSA) is 104 Å². The summed E-state index contributed by atoms with van der Waals surface area (Å²) in [5, 5.41) is 14.4. The molecule has 2 aliphatic heterocycles. The lowest BCUT2D eigenvalue weighted by atomic mass is 10.2. The van der Waals surface area contributed by atoms with E-state index in [2.05, 4.69) is 20.2 Å². The maximum atomic E-state index is 11.6. The number of hydrogen-bond donors (Lipinski definition) is 3. The minimum absolute atomic E-state index is 0.0860. The van der Waals surface area contributed by atoms with Gasteiger partial charge in [0.05, 0.1) is 12.7 Å². The number of aromatic nitrogens is 4. The third kappa shape index (κ3) is 1.81. The molecule has 0 amide bonds. The maximum Gasteiger partial charge on any atom is 0.290 e. The van der Waals surface area contributed by atoms with E-state index in [1.807, 2.05) is 0 Å². The summed E-state index contributed by atoms with van der Waals surface area (Å²) < 4.78 is 5.17. The van der Waals surface area contributed by atoms with Crippen molar-refractivity contribution in [1.29, 1.82) is 0 Å². The molecule has 3 rings (SSSR count). The molecule has 7 heteroatoms. The van der Waals surface area contributed by atoms with Crippen LogP contribution in [0.3, 0.4) is 0 Å². The van der Waals surface area contributed by atoms with Crippen LogP contribution >= 0.6 is 0 Å². The molecule has 1 aromatic rings. The molecule has 3 N–H and O–H groups in total. The van der Waals surface area contributed by atoms with Crippen LogP contribution in [0.15, 0.2) is 29.2 Å². The Morgan fingerprint density at radius 2 is 2.16 bits per heavy atom. The van der Waals surface area contributed by atoms with E-state index in [0.717, 1.165) is 0 Å². The number of hydrogen-bond acceptors (Lipinski definition) is 5. The molecule has 0 saturated carbocycles. The largest absolute Gasteiger partial charge is 0.508 e. The Bertz CT molecular complexity index is 762. The highest BCUT2D eigenvalue weighted by Gasteiger charge is 2.18. The van der Waals surface area contributed by atoms with Crippen LogP contribution in [0, 0.1) is 0 Å². The fourth-order valence-electron chi connectivity index (χ4n) is 1.84. The third-order valence-corrected chi connectivity index (χ3v) is 2.72. The minimum atomic E-state index is -0.339. The summed E-state index contributed by atoms with van der Waals surface area (Å²) in [4.78, 5) is 20.0. The van der Waals surface area contributed by atoms with E-state index in [4.69, 9.17) is 4.74 Å². The molecule has 0 bridgehead atoms. The third-order valence-electron chi connectivity index (χ3n) is 2.72. The molecule has 0 fully saturated rings. The van der Waals surface area contributed by atoms with E-state index in [0.29, 0.717) is 22.8 Å². The van der Waals surface area contributed by atoms with Crippen molar-refractivity contribution in [3.63, 3.8) is 0 Å². The van der Waals surface area contributed by atoms with E-state index in [1.54, 1.807) is 12.3 Å². The first-order chi connectivity index (χ1) is 9.19. The van der Waals surface area contributed by atoms with E-state index >= 15 is 0 Å². The van der Waals surface area contributed by atoms with Crippen LogP contribution < -0.4 is 10.3 Å². The lowest BCUT2D eigenvalue weighted by molar-refractivity contribution is 0.409. The van der Waals surface area contributed by atoms with E-state index in [-0.39, 0.29) is 17.0 Å². The van der Waals surface area contributed by atoms with E-state index < -0.39 is 0 Å². The van der Waals surface area contributed by atoms with Crippen LogP contribution in [0.4, 0.5) is 0 Å². The van der Waals surface area contributed by atoms with E-state index in [1.165, 1.54) is 19.2 Å². The van der Waals surface area contributed by atoms with Crippen LogP contribution in [0.5, 0.6) is 11.5 Å². The summed E-state index contributed by atoms with van der Waals surface area (Å²) in [6.45, 7) is 0. The second kappa shape index (κ2) is 4.13. The van der Waals surface area contributed by atoms with Gasteiger partial charge in [-0.05, 0) is 12.1 Å². The number of nitrogens with one attached hydrogen (secondary N) is 2. The van der Waals surface area contributed by atoms with Crippen LogP contribution in [0.1, 0.15) is 0 Å². The zero-order chi connectivity index (χ0) is 13.4. The first kappa shape index (κ1) is 11.3. The lowest BCUT2D eigenvalue weighted by Crippen LogP contribution is -2.10. The summed E-state index contributed by atoms with van der Waals surface area (Å²) in [5.41, 5.74) is 0.989. The van der Waals surface area contributed by atoms with Gasteiger partial charge in [-0.25, -0.2) is 9.97 Å². The number of phenolic OH excluding ortho intramolecular Hbond substituents is 1. The Kier molecular flexibility index (Phi) is 2.45. The van der Waals surface area contributed by atoms with Gasteiger partial charge in [0.1, 0.15) is 17.2 Å². The number of aromatic amines is 2. The van der Waals surface area contributed by atoms with Gasteiger partial charge in [-0.15, -0.1) is 0 Å². The van der Waals surface area contributed by atoms with Gasteiger partial charge in [-0.2, -0.15) is 0 Å². The summed E-state index contributed by atoms with van der Waals surface area (Å²) in [7, 11) is 1.49. The van der Waals surface area contributed by atoms with Crippen molar-refractivity contribution in [2.45, 2.75) is 0 Å². The molecule has 0 unspecified atom stereocenters. The van der Waals surface area contributed by atoms with Crippen LogP contribution in [0.25, 0.3) is 22.8 Å². The second-order valence-corrected chi connectivity index (χ2v) is 3.91. The summed E-state index contributed by atoms with van der Waals surface area (Å²) >= 11 is 0. The van der Waals surface area contributed by atoms with E-state index in [9.17, 15) is 9.90 Å². The fraction of sp³-hybridized carbons (Fsp3) is 0.0833. The van der Waals surface area contributed by atoms with Crippen molar-refractivity contribution in [1.82, 2.24) is 20.2 Å². The van der Waals surface area contributed by atoms with Crippen molar-refractivity contribution in [3.05, 3.63) is 34.7 Å². The molecular weight excluding hydrogens is 248 g/mol. The Labute approximate surface area is 107 Å². The van der Waals surface area contributed by atoms with Gasteiger partial charge in [0.2, 0.25) is 0 Å². The van der Waals surface area contributed by atoms with Crippen LogP contribution in [-0.2, 0) is 0 Å². The van der Waals surface area contributed by atoms with Gasteiger partial charge < -0.3 is 14.9 Å². The quantitative estimate of drug-likeness (QED) is 0.635. The zero-order valence-electron chi connectivity index (χ0n) is 9.97. The molecule has 0 aliphatic carbocycles. The SMILES string of the molecule is COc1cc(O)ccc1-c1nc2c[nH][nH]c(=O)c-2n1. The number of H-pyrrole nitrogens is 2. The van der Waals surface area contributed by atoms with Gasteiger partial charge >= 0.3 is 0 Å². The Hall–Kier alpha value is -2.83. The van der Waals surface area contributed by atoms with Crippen molar-refractivity contribution in [2.24, 2.45) is 0 Å². The summed E-state index contributed by atoms with van der Waals surface area (Å²) in [6, 6.07) is 4.61. The number of phenols is 1. The first-order valence-electron chi connectivity index (χ1n) is 5.50. The van der Waals surface area contributed by atoms with Crippen LogP contribution in [0.2, 0.25) is 0 Å². The Balaban J connectivity index is 2.23. The predicted molar refractivity (Wildman–Crippen MR) is 67.3 cm³/mol. The van der Waals surface area contributed by atoms with Crippen molar-refractivity contribution < 1.29 is 9.84 Å². The highest BCUT2D eigenvalue weighted by molar-refractivity contribution is 5.70. The average Bonchev–Trinajstić information content (AvgIpc) is 2.83. The molecule has 0 radical (unpaired) electrons. The molecule has 0 spiro atoms. The molecular formula is C12H10N4O3. The van der Waals surface area contributed by atoms with Crippen LogP contribution in [-0.4, -0.2) is 32.4 Å². The number of methoxy groups -OCH3 is 1. The summed E-state index contributed by atoms with van der Waals surface area (Å²) in [5.74, 6) is 0.899. The first-order valence-corrected chi connectivity index (χ1v) is 5.50. The number of nitrogens with zero attached hydrogens (tertiary/aromatic N) is 2. The van der Waals surface area contributed by atoms with Crippen molar-refractivity contribution >= 4 is 0 Å². The normalized spacial score (nSPS) is 10.8. The van der Waals surface area contributed by atoms with Gasteiger partial charge in [-0.1, -0.05) is 0 Å². The molecule has 19 heavy (non-hydrogen) atoms. The second-order valence-electron chi connectivity index (χ2n) is 3.91. The highest BCUT2D eigenvalue weighted by Crippen LogP contribution is 2.32. The fourth-order valence-corrected chi connectivity index (χ4v) is 1.84. The Morgan fingerprint density at radius 3 is 2.89 bits per heavy atom. The smallest absolute Gasteiger partial charge is 0.290 e. The monoisotopic (exact) mass is 258 g/mol. The molecule has 2 aliphatic rings. The number of fused-ring (bicyclic) bond motifs is 1. The molecule has 7 nitrogen and oxygen atoms in total. The number of imidazole rings is 1. The predicted octanol–water partition coefficient (Wildman–Crippen LogP) is 0.979. The minimum Gasteiger partial charge on any atom is -0.508 e. The Morgan fingerprint density at radius 1 is 1.32 bits per heavy atom. The lowest BCUT2D eigenvalue weighted by Gasteiger charge is -2.05. The molecule has 0 aromatic heterocycles. The number of ether oxygens (including phenoxy) is 1. The molecule has 0 atom stereocenters. The van der Waals surface area contributed by atoms with Gasteiger partial charge in [0.15, 0.2) is 11.5 Å². The van der Waals surface area contributed by atoms with Crippen molar-refractivity contribution in [3.8, 4) is 34.3 Å². The summed E-state index contributed by atoms with van der Waals surface area (Å²) in [6.07, 6.45) is 1.56. The van der Waals surface area contributed by atoms with Gasteiger partial charge in [0, 0.05) is 12.3 Å². The van der Waals surface area contributed by atoms with Gasteiger partial charge in [0.25, 0.3) is 5.56 Å². The van der Waals surface area contributed by atoms with Crippen molar-refractivity contribution in [2.75, 3.05) is 7.11 Å². The van der Waals surface area contributed by atoms with Gasteiger partial charge in [-0.3, -0.25) is 9.89 Å². The highest BCUT2D eigenvalue weighted by atomic mass is 16.5. The molecule has 96 valence electrons. The standard InChI is InChI=1S/C12H10N4O3/c1-19-9-4-6(17)2-3-7(9)11-14-8-5-13-16-12(18)10(8)15-11/h2-5,13,17H,1H3,(H,16,18). The maximum absolute atomic E-state index is 11.6. The molecule has 1 aromatic carbocycles. The average molecular weight is 258 g/mol. The zero-order valence-corrected chi connectivity index (χ0v) is 9.97.